The lowest BCUT2D eigenvalue weighted by Gasteiger charge is -2.00. The van der Waals surface area contributed by atoms with Gasteiger partial charge in [-0.3, -0.25) is 0 Å². The molecule has 4 nitrogen and oxygen atoms in total. The molecular weight excluding hydrogens is 198 g/mol. The van der Waals surface area contributed by atoms with Crippen molar-refractivity contribution in [3.8, 4) is 0 Å². The fourth-order valence-electron chi connectivity index (χ4n) is 0.776. The Kier molecular flexibility index (Phi) is 5.03. The highest BCUT2D eigenvalue weighted by molar-refractivity contribution is 7.59. The molecule has 70 valence electrons. The van der Waals surface area contributed by atoms with Crippen LogP contribution in [0.25, 0.3) is 0 Å². The fourth-order valence-corrected chi connectivity index (χ4v) is 2.06. The molecule has 0 bridgehead atoms. The van der Waals surface area contributed by atoms with Crippen molar-refractivity contribution in [1.82, 2.24) is 0 Å². The minimum absolute atomic E-state index is 0.320. The second-order valence-electron chi connectivity index (χ2n) is 2.87. The van der Waals surface area contributed by atoms with Gasteiger partial charge in [0.05, 0.1) is 0 Å². The molecule has 0 rings (SSSR count). The van der Waals surface area contributed by atoms with Gasteiger partial charge in [0.2, 0.25) is 0 Å². The monoisotopic (exact) mass is 212 g/mol. The Bertz CT molecular complexity index is 178. The Morgan fingerprint density at radius 3 is 1.92 bits per heavy atom. The minimum Gasteiger partial charge on any atom is -0.157 e. The van der Waals surface area contributed by atoms with Gasteiger partial charge in [-0.25, -0.2) is 0 Å². The van der Waals surface area contributed by atoms with Gasteiger partial charge in [0, 0.05) is 13.3 Å². The standard InChI is InChI=1S/C6H12O4P2/c1-3-4-5-6(2,11(7)8)12(9)10/h3-5H2,1-2H3/p+2. The quantitative estimate of drug-likeness (QED) is 0.686. The topological polar surface area (TPSA) is 74.6 Å². The fraction of sp³-hybridized carbons (Fsp3) is 1.00. The second-order valence-corrected chi connectivity index (χ2v) is 6.29. The first-order valence-electron chi connectivity index (χ1n) is 3.77. The summed E-state index contributed by atoms with van der Waals surface area (Å²) in [5, 5.41) is 0. The van der Waals surface area contributed by atoms with Crippen molar-refractivity contribution in [2.24, 2.45) is 0 Å². The van der Waals surface area contributed by atoms with E-state index in [1.807, 2.05) is 6.92 Å². The lowest BCUT2D eigenvalue weighted by atomic mass is 10.2. The lowest BCUT2D eigenvalue weighted by molar-refractivity contribution is 0.441. The van der Waals surface area contributed by atoms with Crippen LogP contribution in [0, 0.1) is 0 Å². The molecule has 2 atom stereocenters. The van der Waals surface area contributed by atoms with E-state index in [0.717, 1.165) is 6.42 Å². The summed E-state index contributed by atoms with van der Waals surface area (Å²) in [6, 6.07) is 0. The van der Waals surface area contributed by atoms with Gasteiger partial charge in [-0.05, 0) is 15.6 Å². The number of hydrogen-bond acceptors (Lipinski definition) is 2. The van der Waals surface area contributed by atoms with Crippen LogP contribution in [-0.2, 0) is 9.13 Å². The van der Waals surface area contributed by atoms with Gasteiger partial charge in [0.1, 0.15) is 0 Å². The van der Waals surface area contributed by atoms with Crippen LogP contribution in [0.4, 0.5) is 0 Å². The van der Waals surface area contributed by atoms with Crippen LogP contribution >= 0.6 is 16.1 Å². The summed E-state index contributed by atoms with van der Waals surface area (Å²) in [5.41, 5.74) is 0. The minimum atomic E-state index is -2.58. The van der Waals surface area contributed by atoms with Crippen molar-refractivity contribution in [1.29, 1.82) is 0 Å². The smallest absolute Gasteiger partial charge is 0.157 e. The summed E-state index contributed by atoms with van der Waals surface area (Å²) in [5.74, 6) is 0. The van der Waals surface area contributed by atoms with Crippen LogP contribution < -0.4 is 0 Å². The van der Waals surface area contributed by atoms with Crippen LogP contribution in [-0.4, -0.2) is 14.7 Å². The molecule has 0 radical (unpaired) electrons. The maximum Gasteiger partial charge on any atom is 0.567 e. The van der Waals surface area contributed by atoms with Crippen molar-refractivity contribution >= 4 is 16.1 Å². The average Bonchev–Trinajstić information content (AvgIpc) is 1.99. The number of hydrogen-bond donors (Lipinski definition) is 2. The summed E-state index contributed by atoms with van der Waals surface area (Å²) >= 11 is 0. The van der Waals surface area contributed by atoms with Crippen molar-refractivity contribution in [2.45, 2.75) is 38.0 Å². The third-order valence-electron chi connectivity index (χ3n) is 1.83. The highest BCUT2D eigenvalue weighted by atomic mass is 31.2. The Morgan fingerprint density at radius 2 is 1.67 bits per heavy atom. The Morgan fingerprint density at radius 1 is 1.25 bits per heavy atom. The molecule has 0 amide bonds. The summed E-state index contributed by atoms with van der Waals surface area (Å²) in [6.45, 7) is 3.30. The molecule has 2 N–H and O–H groups in total. The summed E-state index contributed by atoms with van der Waals surface area (Å²) < 4.78 is 21.5. The zero-order valence-corrected chi connectivity index (χ0v) is 9.02. The highest BCUT2D eigenvalue weighted by Crippen LogP contribution is 2.54. The molecule has 0 aliphatic carbocycles. The SMILES string of the molecule is CCCCC(C)([P+](=O)O)[P+](=O)O. The summed E-state index contributed by atoms with van der Waals surface area (Å²) in [6.07, 6.45) is 1.86. The summed E-state index contributed by atoms with van der Waals surface area (Å²) in [4.78, 5) is 16.3. The molecule has 0 heterocycles. The average molecular weight is 212 g/mol. The van der Waals surface area contributed by atoms with Crippen LogP contribution in [0.1, 0.15) is 33.1 Å². The first-order chi connectivity index (χ1) is 5.45. The third-order valence-corrected chi connectivity index (χ3v) is 4.95. The van der Waals surface area contributed by atoms with E-state index >= 15 is 0 Å². The van der Waals surface area contributed by atoms with E-state index in [1.165, 1.54) is 6.92 Å². The second kappa shape index (κ2) is 4.98. The molecule has 12 heavy (non-hydrogen) atoms. The molecule has 0 aliphatic rings. The van der Waals surface area contributed by atoms with Gasteiger partial charge in [0.25, 0.3) is 0 Å². The molecule has 0 aromatic carbocycles. The van der Waals surface area contributed by atoms with E-state index in [0.29, 0.717) is 12.8 Å². The molecule has 2 unspecified atom stereocenters. The molecule has 0 aromatic rings. The molecule has 0 aliphatic heterocycles. The molecule has 0 fully saturated rings. The number of rotatable bonds is 5. The van der Waals surface area contributed by atoms with E-state index in [-0.39, 0.29) is 0 Å². The lowest BCUT2D eigenvalue weighted by Crippen LogP contribution is -2.13. The van der Waals surface area contributed by atoms with Gasteiger partial charge in [-0.2, -0.15) is 9.79 Å². The normalized spacial score (nSPS) is 18.3. The molecular formula is C6H14O4P2+2. The van der Waals surface area contributed by atoms with Crippen molar-refractivity contribution < 1.29 is 18.9 Å². The van der Waals surface area contributed by atoms with Gasteiger partial charge < -0.3 is 0 Å². The molecule has 0 aromatic heterocycles. The maximum atomic E-state index is 10.8. The van der Waals surface area contributed by atoms with Crippen molar-refractivity contribution in [3.63, 3.8) is 0 Å². The predicted molar refractivity (Wildman–Crippen MR) is 47.6 cm³/mol. The third kappa shape index (κ3) is 2.87. The Balaban J connectivity index is 4.40. The van der Waals surface area contributed by atoms with E-state index in [1.54, 1.807) is 0 Å². The number of unbranched alkanes of at least 4 members (excludes halogenated alkanes) is 1. The van der Waals surface area contributed by atoms with Gasteiger partial charge >= 0.3 is 21.0 Å². The first kappa shape index (κ1) is 12.1. The largest absolute Gasteiger partial charge is 0.567 e. The first-order valence-corrected chi connectivity index (χ1v) is 6.20. The molecule has 0 saturated heterocycles. The van der Waals surface area contributed by atoms with Crippen LogP contribution in [0.5, 0.6) is 0 Å². The highest BCUT2D eigenvalue weighted by Gasteiger charge is 2.61. The van der Waals surface area contributed by atoms with E-state index in [9.17, 15) is 9.13 Å². The van der Waals surface area contributed by atoms with E-state index in [4.69, 9.17) is 9.79 Å². The zero-order chi connectivity index (χ0) is 9.78. The van der Waals surface area contributed by atoms with E-state index in [2.05, 4.69) is 0 Å². The molecule has 0 saturated carbocycles. The predicted octanol–water partition coefficient (Wildman–Crippen LogP) is 2.36. The maximum absolute atomic E-state index is 10.8. The molecule has 6 heteroatoms. The Hall–Kier alpha value is 0.120. The zero-order valence-electron chi connectivity index (χ0n) is 7.23. The van der Waals surface area contributed by atoms with Gasteiger partial charge in [0.15, 0.2) is 0 Å². The van der Waals surface area contributed by atoms with Crippen molar-refractivity contribution in [3.05, 3.63) is 0 Å². The van der Waals surface area contributed by atoms with Gasteiger partial charge in [-0.1, -0.05) is 13.3 Å². The van der Waals surface area contributed by atoms with Crippen LogP contribution in [0.2, 0.25) is 0 Å². The summed E-state index contributed by atoms with van der Waals surface area (Å²) in [7, 11) is -5.16. The van der Waals surface area contributed by atoms with Crippen LogP contribution in [0.15, 0.2) is 0 Å². The Labute approximate surface area is 73.7 Å². The van der Waals surface area contributed by atoms with E-state index < -0.39 is 21.0 Å². The molecule has 0 spiro atoms. The van der Waals surface area contributed by atoms with Gasteiger partial charge in [-0.15, -0.1) is 0 Å². The van der Waals surface area contributed by atoms with Crippen LogP contribution in [0.3, 0.4) is 0 Å². The van der Waals surface area contributed by atoms with Crippen molar-refractivity contribution in [2.75, 3.05) is 0 Å².